The zero-order chi connectivity index (χ0) is 10.7. The van der Waals surface area contributed by atoms with Crippen molar-refractivity contribution in [3.63, 3.8) is 0 Å². The minimum absolute atomic E-state index is 0.707. The zero-order valence-electron chi connectivity index (χ0n) is 9.20. The van der Waals surface area contributed by atoms with E-state index in [0.717, 1.165) is 31.9 Å². The summed E-state index contributed by atoms with van der Waals surface area (Å²) in [5, 5.41) is 0. The summed E-state index contributed by atoms with van der Waals surface area (Å²) in [7, 11) is 0. The van der Waals surface area contributed by atoms with Crippen molar-refractivity contribution in [2.75, 3.05) is 31.1 Å². The lowest BCUT2D eigenvalue weighted by molar-refractivity contribution is 0.337. The molecule has 3 heteroatoms. The molecule has 1 aromatic rings. The fourth-order valence-corrected chi connectivity index (χ4v) is 2.15. The molecule has 1 heterocycles. The Labute approximate surface area is 90.8 Å². The lowest BCUT2D eigenvalue weighted by atomic mass is 10.1. The number of hydrogen-bond acceptors (Lipinski definition) is 3. The quantitative estimate of drug-likeness (QED) is 0.809. The van der Waals surface area contributed by atoms with E-state index >= 15 is 0 Å². The molecule has 1 aliphatic heterocycles. The molecule has 0 saturated heterocycles. The van der Waals surface area contributed by atoms with Gasteiger partial charge in [-0.05, 0) is 25.5 Å². The predicted molar refractivity (Wildman–Crippen MR) is 62.6 cm³/mol. The zero-order valence-corrected chi connectivity index (χ0v) is 9.20. The van der Waals surface area contributed by atoms with Crippen LogP contribution in [0.5, 0.6) is 5.75 Å². The number of ether oxygens (including phenoxy) is 1. The first kappa shape index (κ1) is 10.3. The number of anilines is 1. The molecule has 0 unspecified atom stereocenters. The first-order valence-corrected chi connectivity index (χ1v) is 5.56. The highest BCUT2D eigenvalue weighted by Gasteiger charge is 2.21. The Morgan fingerprint density at radius 3 is 3.07 bits per heavy atom. The van der Waals surface area contributed by atoms with Gasteiger partial charge in [0.2, 0.25) is 0 Å². The number of hydrogen-bond donors (Lipinski definition) is 1. The van der Waals surface area contributed by atoms with Crippen LogP contribution in [0.1, 0.15) is 12.5 Å². The molecule has 1 aliphatic rings. The molecular formula is C12H18N2O. The second-order valence-corrected chi connectivity index (χ2v) is 3.71. The van der Waals surface area contributed by atoms with E-state index in [1.807, 2.05) is 13.0 Å². The summed E-state index contributed by atoms with van der Waals surface area (Å²) in [6, 6.07) is 6.26. The monoisotopic (exact) mass is 206 g/mol. The van der Waals surface area contributed by atoms with Gasteiger partial charge < -0.3 is 15.4 Å². The van der Waals surface area contributed by atoms with E-state index in [9.17, 15) is 0 Å². The van der Waals surface area contributed by atoms with Crippen LogP contribution in [0, 0.1) is 0 Å². The van der Waals surface area contributed by atoms with Crippen LogP contribution in [-0.2, 0) is 6.42 Å². The average Bonchev–Trinajstić information content (AvgIpc) is 2.64. The van der Waals surface area contributed by atoms with E-state index in [1.165, 1.54) is 11.3 Å². The average molecular weight is 206 g/mol. The number of fused-ring (bicyclic) bond motifs is 1. The Balaban J connectivity index is 2.26. The summed E-state index contributed by atoms with van der Waals surface area (Å²) in [6.45, 7) is 5.46. The van der Waals surface area contributed by atoms with Gasteiger partial charge in [0, 0.05) is 30.9 Å². The first-order chi connectivity index (χ1) is 7.36. The van der Waals surface area contributed by atoms with E-state index < -0.39 is 0 Å². The topological polar surface area (TPSA) is 38.5 Å². The first-order valence-electron chi connectivity index (χ1n) is 5.56. The Bertz CT molecular complexity index is 338. The van der Waals surface area contributed by atoms with Crippen LogP contribution in [0.25, 0.3) is 0 Å². The van der Waals surface area contributed by atoms with E-state index in [2.05, 4.69) is 17.0 Å². The second kappa shape index (κ2) is 4.53. The summed E-state index contributed by atoms with van der Waals surface area (Å²) >= 11 is 0. The van der Waals surface area contributed by atoms with Crippen molar-refractivity contribution in [2.45, 2.75) is 13.3 Å². The van der Waals surface area contributed by atoms with Gasteiger partial charge in [0.25, 0.3) is 0 Å². The van der Waals surface area contributed by atoms with Crippen molar-refractivity contribution in [3.8, 4) is 5.75 Å². The van der Waals surface area contributed by atoms with Crippen LogP contribution in [0.15, 0.2) is 18.2 Å². The molecule has 0 saturated carbocycles. The third-order valence-corrected chi connectivity index (χ3v) is 2.78. The van der Waals surface area contributed by atoms with Crippen molar-refractivity contribution in [3.05, 3.63) is 23.8 Å². The molecule has 0 amide bonds. The Morgan fingerprint density at radius 2 is 2.33 bits per heavy atom. The Kier molecular flexibility index (Phi) is 3.11. The Hall–Kier alpha value is -1.22. The minimum Gasteiger partial charge on any atom is -0.494 e. The molecular weight excluding hydrogens is 188 g/mol. The molecule has 0 radical (unpaired) electrons. The second-order valence-electron chi connectivity index (χ2n) is 3.71. The van der Waals surface area contributed by atoms with Gasteiger partial charge in [-0.25, -0.2) is 0 Å². The largest absolute Gasteiger partial charge is 0.494 e. The van der Waals surface area contributed by atoms with Crippen molar-refractivity contribution < 1.29 is 4.74 Å². The summed E-state index contributed by atoms with van der Waals surface area (Å²) in [5.41, 5.74) is 8.23. The van der Waals surface area contributed by atoms with Crippen molar-refractivity contribution >= 4 is 5.69 Å². The van der Waals surface area contributed by atoms with Gasteiger partial charge in [-0.3, -0.25) is 0 Å². The smallest absolute Gasteiger partial charge is 0.124 e. The molecule has 3 nitrogen and oxygen atoms in total. The molecule has 1 aromatic carbocycles. The van der Waals surface area contributed by atoms with Gasteiger partial charge in [-0.15, -0.1) is 0 Å². The molecule has 2 rings (SSSR count). The fraction of sp³-hybridized carbons (Fsp3) is 0.500. The maximum absolute atomic E-state index is 5.62. The maximum atomic E-state index is 5.62. The van der Waals surface area contributed by atoms with E-state index in [4.69, 9.17) is 10.5 Å². The highest BCUT2D eigenvalue weighted by atomic mass is 16.5. The van der Waals surface area contributed by atoms with Crippen LogP contribution < -0.4 is 15.4 Å². The molecule has 15 heavy (non-hydrogen) atoms. The van der Waals surface area contributed by atoms with Gasteiger partial charge in [0.05, 0.1) is 6.61 Å². The molecule has 0 spiro atoms. The van der Waals surface area contributed by atoms with E-state index in [0.29, 0.717) is 6.54 Å². The number of rotatable bonds is 4. The molecule has 0 fully saturated rings. The van der Waals surface area contributed by atoms with E-state index in [1.54, 1.807) is 0 Å². The molecule has 2 N–H and O–H groups in total. The summed E-state index contributed by atoms with van der Waals surface area (Å²) in [5.74, 6) is 1.04. The van der Waals surface area contributed by atoms with E-state index in [-0.39, 0.29) is 0 Å². The standard InChI is InChI=1S/C12H18N2O/c1-2-15-12-5-3-4-11-10(12)6-8-14(11)9-7-13/h3-5H,2,6-9,13H2,1H3. The SMILES string of the molecule is CCOc1cccc2c1CCN2CCN. The maximum Gasteiger partial charge on any atom is 0.124 e. The van der Waals surface area contributed by atoms with Crippen LogP contribution in [0.3, 0.4) is 0 Å². The van der Waals surface area contributed by atoms with Crippen LogP contribution in [0.4, 0.5) is 5.69 Å². The van der Waals surface area contributed by atoms with Gasteiger partial charge in [0.15, 0.2) is 0 Å². The van der Waals surface area contributed by atoms with Crippen LogP contribution in [-0.4, -0.2) is 26.2 Å². The highest BCUT2D eigenvalue weighted by Crippen LogP contribution is 2.34. The third kappa shape index (κ3) is 1.92. The minimum atomic E-state index is 0.707. The van der Waals surface area contributed by atoms with Gasteiger partial charge >= 0.3 is 0 Å². The molecule has 0 aromatic heterocycles. The summed E-state index contributed by atoms with van der Waals surface area (Å²) < 4.78 is 5.62. The number of benzene rings is 1. The third-order valence-electron chi connectivity index (χ3n) is 2.78. The van der Waals surface area contributed by atoms with Gasteiger partial charge in [0.1, 0.15) is 5.75 Å². The lowest BCUT2D eigenvalue weighted by Crippen LogP contribution is -2.27. The molecule has 0 atom stereocenters. The number of nitrogens with zero attached hydrogens (tertiary/aromatic N) is 1. The molecule has 0 aliphatic carbocycles. The number of nitrogens with two attached hydrogens (primary N) is 1. The molecule has 0 bridgehead atoms. The summed E-state index contributed by atoms with van der Waals surface area (Å²) in [6.07, 6.45) is 1.07. The van der Waals surface area contributed by atoms with Gasteiger partial charge in [-0.1, -0.05) is 6.07 Å². The summed E-state index contributed by atoms with van der Waals surface area (Å²) in [4.78, 5) is 2.33. The normalized spacial score (nSPS) is 14.1. The predicted octanol–water partition coefficient (Wildman–Crippen LogP) is 1.41. The fourth-order valence-electron chi connectivity index (χ4n) is 2.15. The van der Waals surface area contributed by atoms with Crippen molar-refractivity contribution in [2.24, 2.45) is 5.73 Å². The highest BCUT2D eigenvalue weighted by molar-refractivity contribution is 5.63. The van der Waals surface area contributed by atoms with Gasteiger partial charge in [-0.2, -0.15) is 0 Å². The van der Waals surface area contributed by atoms with Crippen LogP contribution in [0.2, 0.25) is 0 Å². The van der Waals surface area contributed by atoms with Crippen molar-refractivity contribution in [1.82, 2.24) is 0 Å². The van der Waals surface area contributed by atoms with Crippen LogP contribution >= 0.6 is 0 Å². The lowest BCUT2D eigenvalue weighted by Gasteiger charge is -2.18. The molecule has 82 valence electrons. The van der Waals surface area contributed by atoms with Crippen molar-refractivity contribution in [1.29, 1.82) is 0 Å². The Morgan fingerprint density at radius 1 is 1.47 bits per heavy atom.